The van der Waals surface area contributed by atoms with Crippen molar-refractivity contribution in [1.82, 2.24) is 15.1 Å². The first-order valence-electron chi connectivity index (χ1n) is 12.0. The summed E-state index contributed by atoms with van der Waals surface area (Å²) in [6.07, 6.45) is -0.339. The number of aryl methyl sites for hydroxylation is 1. The first-order valence-corrected chi connectivity index (χ1v) is 12.0. The van der Waals surface area contributed by atoms with Gasteiger partial charge in [-0.3, -0.25) is 9.59 Å². The first-order chi connectivity index (χ1) is 18.2. The minimum atomic E-state index is -1.38. The Bertz CT molecular complexity index is 1440. The smallest absolute Gasteiger partial charge is 0.305 e. The van der Waals surface area contributed by atoms with Gasteiger partial charge < -0.3 is 20.3 Å². The highest BCUT2D eigenvalue weighted by atomic mass is 19.1. The third-order valence-electron chi connectivity index (χ3n) is 6.13. The van der Waals surface area contributed by atoms with Gasteiger partial charge in [-0.05, 0) is 42.7 Å². The molecule has 4 rings (SSSR count). The number of amides is 1. The molecule has 0 aliphatic rings. The average molecular weight is 518 g/mol. The van der Waals surface area contributed by atoms with E-state index in [1.165, 1.54) is 24.3 Å². The molecule has 3 N–H and O–H groups in total. The number of ether oxygens (including phenoxy) is 1. The van der Waals surface area contributed by atoms with Gasteiger partial charge in [0.1, 0.15) is 23.7 Å². The number of aliphatic hydroxyl groups is 1. The second-order valence-corrected chi connectivity index (χ2v) is 9.14. The van der Waals surface area contributed by atoms with Crippen LogP contribution in [-0.4, -0.2) is 38.5 Å². The Kier molecular flexibility index (Phi) is 7.87. The number of rotatable bonds is 10. The standard InChI is InChI=1S/C29H28FN3O5/c1-19-10-6-7-13-21(19)23(17-27(34)35)31-28(36)24-16-26(33(32-24)25-15-9-8-14-22(25)30)38-18-29(2,37)20-11-4-3-5-12-20/h3-16,23,37H,17-18H2,1-2H3,(H,31,36)(H,34,35)/t23-,29?/m0/s1. The molecule has 4 aromatic rings. The maximum Gasteiger partial charge on any atom is 0.305 e. The van der Waals surface area contributed by atoms with Crippen LogP contribution in [0.5, 0.6) is 5.88 Å². The Morgan fingerprint density at radius 3 is 2.39 bits per heavy atom. The van der Waals surface area contributed by atoms with E-state index >= 15 is 0 Å². The summed E-state index contributed by atoms with van der Waals surface area (Å²) >= 11 is 0. The number of nitrogens with zero attached hydrogens (tertiary/aromatic N) is 2. The van der Waals surface area contributed by atoms with Crippen molar-refractivity contribution in [3.63, 3.8) is 0 Å². The Labute approximate surface area is 219 Å². The summed E-state index contributed by atoms with van der Waals surface area (Å²) < 4.78 is 21.7. The van der Waals surface area contributed by atoms with E-state index in [0.29, 0.717) is 11.1 Å². The van der Waals surface area contributed by atoms with Crippen LogP contribution < -0.4 is 10.1 Å². The zero-order valence-electron chi connectivity index (χ0n) is 21.0. The second-order valence-electron chi connectivity index (χ2n) is 9.14. The molecule has 0 bridgehead atoms. The van der Waals surface area contributed by atoms with Crippen LogP contribution in [0.25, 0.3) is 5.69 Å². The van der Waals surface area contributed by atoms with E-state index < -0.39 is 29.3 Å². The number of carbonyl (C=O) groups is 2. The van der Waals surface area contributed by atoms with Crippen LogP contribution >= 0.6 is 0 Å². The average Bonchev–Trinajstić information content (AvgIpc) is 3.32. The number of aromatic nitrogens is 2. The topological polar surface area (TPSA) is 114 Å². The number of hydrogen-bond donors (Lipinski definition) is 3. The third kappa shape index (κ3) is 6.07. The van der Waals surface area contributed by atoms with E-state index in [0.717, 1.165) is 10.2 Å². The van der Waals surface area contributed by atoms with Crippen molar-refractivity contribution in [2.45, 2.75) is 31.9 Å². The predicted molar refractivity (Wildman–Crippen MR) is 139 cm³/mol. The fraction of sp³-hybridized carbons (Fsp3) is 0.207. The lowest BCUT2D eigenvalue weighted by molar-refractivity contribution is -0.137. The number of hydrogen-bond acceptors (Lipinski definition) is 5. The van der Waals surface area contributed by atoms with Gasteiger partial charge in [-0.1, -0.05) is 66.7 Å². The molecule has 0 saturated heterocycles. The Balaban J connectivity index is 1.65. The van der Waals surface area contributed by atoms with Gasteiger partial charge in [0, 0.05) is 6.07 Å². The van der Waals surface area contributed by atoms with E-state index in [1.54, 1.807) is 49.4 Å². The molecule has 1 heterocycles. The fourth-order valence-electron chi connectivity index (χ4n) is 4.09. The molecule has 1 unspecified atom stereocenters. The summed E-state index contributed by atoms with van der Waals surface area (Å²) in [5, 5.41) is 27.4. The molecular formula is C29H28FN3O5. The molecule has 2 atom stereocenters. The number of benzene rings is 3. The van der Waals surface area contributed by atoms with Crippen molar-refractivity contribution in [3.05, 3.63) is 113 Å². The Morgan fingerprint density at radius 1 is 1.05 bits per heavy atom. The first kappa shape index (κ1) is 26.6. The fourth-order valence-corrected chi connectivity index (χ4v) is 4.09. The number of carboxylic acid groups (broad SMARTS) is 1. The number of nitrogens with one attached hydrogen (secondary N) is 1. The van der Waals surface area contributed by atoms with E-state index in [2.05, 4.69) is 10.4 Å². The van der Waals surface area contributed by atoms with Gasteiger partial charge in [-0.2, -0.15) is 9.78 Å². The maximum atomic E-state index is 14.7. The van der Waals surface area contributed by atoms with E-state index in [-0.39, 0.29) is 30.3 Å². The van der Waals surface area contributed by atoms with Gasteiger partial charge in [0.05, 0.1) is 12.5 Å². The number of carbonyl (C=O) groups excluding carboxylic acids is 1. The molecule has 1 amide bonds. The Hall–Kier alpha value is -4.50. The molecule has 8 nitrogen and oxygen atoms in total. The zero-order valence-corrected chi connectivity index (χ0v) is 21.0. The van der Waals surface area contributed by atoms with Crippen LogP contribution in [0.4, 0.5) is 4.39 Å². The van der Waals surface area contributed by atoms with Crippen LogP contribution in [0.15, 0.2) is 84.9 Å². The van der Waals surface area contributed by atoms with Gasteiger partial charge in [-0.25, -0.2) is 4.39 Å². The summed E-state index contributed by atoms with van der Waals surface area (Å²) in [6, 6.07) is 22.5. The van der Waals surface area contributed by atoms with Crippen molar-refractivity contribution in [3.8, 4) is 11.6 Å². The minimum absolute atomic E-state index is 0.0298. The van der Waals surface area contributed by atoms with Crippen LogP contribution in [-0.2, 0) is 10.4 Å². The largest absolute Gasteiger partial charge is 0.481 e. The van der Waals surface area contributed by atoms with Crippen LogP contribution in [0.2, 0.25) is 0 Å². The molecule has 3 aromatic carbocycles. The van der Waals surface area contributed by atoms with E-state index in [1.807, 2.05) is 25.1 Å². The highest BCUT2D eigenvalue weighted by Gasteiger charge is 2.27. The molecule has 9 heteroatoms. The molecule has 196 valence electrons. The summed E-state index contributed by atoms with van der Waals surface area (Å²) in [5.74, 6) is -2.30. The zero-order chi connectivity index (χ0) is 27.3. The lowest BCUT2D eigenvalue weighted by Gasteiger charge is -2.24. The summed E-state index contributed by atoms with van der Waals surface area (Å²) in [4.78, 5) is 24.8. The molecule has 0 aliphatic carbocycles. The van der Waals surface area contributed by atoms with Gasteiger partial charge in [-0.15, -0.1) is 0 Å². The van der Waals surface area contributed by atoms with Gasteiger partial charge in [0.15, 0.2) is 5.69 Å². The number of aliphatic carboxylic acids is 1. The molecule has 0 saturated carbocycles. The Morgan fingerprint density at radius 2 is 1.71 bits per heavy atom. The summed E-state index contributed by atoms with van der Waals surface area (Å²) in [7, 11) is 0. The van der Waals surface area contributed by atoms with Crippen molar-refractivity contribution in [2.24, 2.45) is 0 Å². The molecule has 0 radical (unpaired) electrons. The van der Waals surface area contributed by atoms with E-state index in [9.17, 15) is 24.2 Å². The minimum Gasteiger partial charge on any atom is -0.481 e. The predicted octanol–water partition coefficient (Wildman–Crippen LogP) is 4.55. The van der Waals surface area contributed by atoms with Crippen LogP contribution in [0, 0.1) is 12.7 Å². The lowest BCUT2D eigenvalue weighted by atomic mass is 9.97. The molecule has 0 spiro atoms. The summed E-state index contributed by atoms with van der Waals surface area (Å²) in [6.45, 7) is 3.20. The van der Waals surface area contributed by atoms with Crippen molar-refractivity contribution < 1.29 is 28.9 Å². The third-order valence-corrected chi connectivity index (χ3v) is 6.13. The molecule has 0 fully saturated rings. The monoisotopic (exact) mass is 517 g/mol. The lowest BCUT2D eigenvalue weighted by Crippen LogP contribution is -2.31. The quantitative estimate of drug-likeness (QED) is 0.284. The molecule has 38 heavy (non-hydrogen) atoms. The van der Waals surface area contributed by atoms with Gasteiger partial charge in [0.2, 0.25) is 5.88 Å². The van der Waals surface area contributed by atoms with Crippen LogP contribution in [0.1, 0.15) is 46.6 Å². The number of para-hydroxylation sites is 1. The second kappa shape index (κ2) is 11.3. The summed E-state index contributed by atoms with van der Waals surface area (Å²) in [5.41, 5.74) is 0.652. The molecular weight excluding hydrogens is 489 g/mol. The normalized spacial score (nSPS) is 13.4. The molecule has 1 aromatic heterocycles. The van der Waals surface area contributed by atoms with Crippen molar-refractivity contribution in [2.75, 3.05) is 6.61 Å². The highest BCUT2D eigenvalue weighted by Crippen LogP contribution is 2.27. The van der Waals surface area contributed by atoms with Crippen LogP contribution in [0.3, 0.4) is 0 Å². The number of halogens is 1. The maximum absolute atomic E-state index is 14.7. The number of carboxylic acids is 1. The SMILES string of the molecule is Cc1ccccc1[C@H](CC(=O)O)NC(=O)c1cc(OCC(C)(O)c2ccccc2)n(-c2ccccc2F)n1. The van der Waals surface area contributed by atoms with Gasteiger partial charge >= 0.3 is 5.97 Å². The van der Waals surface area contributed by atoms with E-state index in [4.69, 9.17) is 4.74 Å². The van der Waals surface area contributed by atoms with Crippen molar-refractivity contribution in [1.29, 1.82) is 0 Å². The molecule has 0 aliphatic heterocycles. The van der Waals surface area contributed by atoms with Gasteiger partial charge in [0.25, 0.3) is 5.91 Å². The highest BCUT2D eigenvalue weighted by molar-refractivity contribution is 5.93. The van der Waals surface area contributed by atoms with Crippen molar-refractivity contribution >= 4 is 11.9 Å².